The Bertz CT molecular complexity index is 541. The molecule has 16 heavy (non-hydrogen) atoms. The summed E-state index contributed by atoms with van der Waals surface area (Å²) in [4.78, 5) is 15.0. The molecule has 0 spiro atoms. The van der Waals surface area contributed by atoms with Crippen molar-refractivity contribution in [2.75, 3.05) is 7.11 Å². The van der Waals surface area contributed by atoms with Gasteiger partial charge in [0.05, 0.1) is 7.11 Å². The summed E-state index contributed by atoms with van der Waals surface area (Å²) in [5.41, 5.74) is 0.977. The molecular formula is C13H11NO2. The summed E-state index contributed by atoms with van der Waals surface area (Å²) in [5, 5.41) is 2.12. The van der Waals surface area contributed by atoms with Crippen molar-refractivity contribution in [3.63, 3.8) is 0 Å². The maximum atomic E-state index is 11.0. The van der Waals surface area contributed by atoms with Crippen molar-refractivity contribution >= 4 is 22.8 Å². The number of esters is 1. The molecule has 2 aromatic rings. The number of hydrogen-bond donors (Lipinski definition) is 0. The zero-order valence-corrected chi connectivity index (χ0v) is 8.88. The normalized spacial score (nSPS) is 10.8. The number of rotatable bonds is 2. The van der Waals surface area contributed by atoms with Crippen molar-refractivity contribution in [1.29, 1.82) is 0 Å². The van der Waals surface area contributed by atoms with Gasteiger partial charge in [-0.3, -0.25) is 4.98 Å². The molecule has 0 aliphatic heterocycles. The molecule has 0 amide bonds. The largest absolute Gasteiger partial charge is 0.466 e. The van der Waals surface area contributed by atoms with Gasteiger partial charge >= 0.3 is 5.97 Å². The van der Waals surface area contributed by atoms with Crippen LogP contribution in [0.15, 0.2) is 42.7 Å². The Morgan fingerprint density at radius 1 is 1.38 bits per heavy atom. The molecule has 0 N–H and O–H groups in total. The highest BCUT2D eigenvalue weighted by Crippen LogP contribution is 2.18. The smallest absolute Gasteiger partial charge is 0.330 e. The van der Waals surface area contributed by atoms with E-state index in [2.05, 4.69) is 9.72 Å². The minimum atomic E-state index is -0.356. The van der Waals surface area contributed by atoms with Gasteiger partial charge in [0.2, 0.25) is 0 Å². The third-order valence-electron chi connectivity index (χ3n) is 2.31. The predicted octanol–water partition coefficient (Wildman–Crippen LogP) is 2.42. The number of pyridine rings is 1. The summed E-state index contributed by atoms with van der Waals surface area (Å²) < 4.78 is 4.55. The van der Waals surface area contributed by atoms with Gasteiger partial charge in [-0.1, -0.05) is 18.2 Å². The first-order valence-corrected chi connectivity index (χ1v) is 4.90. The van der Waals surface area contributed by atoms with E-state index in [1.807, 2.05) is 24.3 Å². The van der Waals surface area contributed by atoms with Crippen LogP contribution >= 0.6 is 0 Å². The molecule has 0 saturated carbocycles. The van der Waals surface area contributed by atoms with Gasteiger partial charge in [0.1, 0.15) is 0 Å². The Morgan fingerprint density at radius 3 is 3.06 bits per heavy atom. The first kappa shape index (κ1) is 10.4. The minimum absolute atomic E-state index is 0.356. The van der Waals surface area contributed by atoms with Crippen LogP contribution in [-0.4, -0.2) is 18.1 Å². The minimum Gasteiger partial charge on any atom is -0.466 e. The summed E-state index contributed by atoms with van der Waals surface area (Å²) in [7, 11) is 1.36. The lowest BCUT2D eigenvalue weighted by atomic mass is 10.1. The van der Waals surface area contributed by atoms with Crippen LogP contribution in [0.4, 0.5) is 0 Å². The number of fused-ring (bicyclic) bond motifs is 1. The highest BCUT2D eigenvalue weighted by molar-refractivity contribution is 5.94. The van der Waals surface area contributed by atoms with E-state index >= 15 is 0 Å². The van der Waals surface area contributed by atoms with Crippen LogP contribution in [0.1, 0.15) is 5.56 Å². The van der Waals surface area contributed by atoms with E-state index in [1.165, 1.54) is 13.2 Å². The van der Waals surface area contributed by atoms with Gasteiger partial charge in [0.25, 0.3) is 0 Å². The van der Waals surface area contributed by atoms with Crippen molar-refractivity contribution < 1.29 is 9.53 Å². The fourth-order valence-corrected chi connectivity index (χ4v) is 1.52. The number of carbonyl (C=O) groups is 1. The van der Waals surface area contributed by atoms with Crippen LogP contribution in [-0.2, 0) is 9.53 Å². The van der Waals surface area contributed by atoms with Crippen molar-refractivity contribution in [2.45, 2.75) is 0 Å². The molecule has 0 saturated heterocycles. The Hall–Kier alpha value is -2.16. The van der Waals surface area contributed by atoms with Gasteiger partial charge in [0, 0.05) is 23.9 Å². The average Bonchev–Trinajstić information content (AvgIpc) is 2.35. The Balaban J connectivity index is 2.45. The zero-order chi connectivity index (χ0) is 11.4. The Kier molecular flexibility index (Phi) is 2.96. The van der Waals surface area contributed by atoms with Gasteiger partial charge in [-0.15, -0.1) is 0 Å². The molecule has 0 radical (unpaired) electrons. The first-order chi connectivity index (χ1) is 7.81. The maximum Gasteiger partial charge on any atom is 0.330 e. The molecule has 0 atom stereocenters. The van der Waals surface area contributed by atoms with Crippen LogP contribution in [0.25, 0.3) is 16.8 Å². The lowest BCUT2D eigenvalue weighted by Crippen LogP contribution is -1.93. The number of methoxy groups -OCH3 is 1. The summed E-state index contributed by atoms with van der Waals surface area (Å²) in [5.74, 6) is -0.356. The molecule has 0 unspecified atom stereocenters. The molecule has 0 aliphatic carbocycles. The fourth-order valence-electron chi connectivity index (χ4n) is 1.52. The van der Waals surface area contributed by atoms with Gasteiger partial charge in [-0.2, -0.15) is 0 Å². The van der Waals surface area contributed by atoms with E-state index in [0.29, 0.717) is 0 Å². The second kappa shape index (κ2) is 4.57. The summed E-state index contributed by atoms with van der Waals surface area (Å²) >= 11 is 0. The SMILES string of the molecule is COC(=O)/C=C/c1cccc2cnccc12. The van der Waals surface area contributed by atoms with E-state index in [1.54, 1.807) is 18.5 Å². The van der Waals surface area contributed by atoms with E-state index in [-0.39, 0.29) is 5.97 Å². The van der Waals surface area contributed by atoms with Gasteiger partial charge < -0.3 is 4.74 Å². The van der Waals surface area contributed by atoms with Crippen molar-refractivity contribution in [1.82, 2.24) is 4.98 Å². The standard InChI is InChI=1S/C13H11NO2/c1-16-13(15)6-5-10-3-2-4-11-9-14-8-7-12(10)11/h2-9H,1H3/b6-5+. The van der Waals surface area contributed by atoms with E-state index < -0.39 is 0 Å². The molecule has 1 aromatic heterocycles. The van der Waals surface area contributed by atoms with Crippen LogP contribution in [0.5, 0.6) is 0 Å². The molecule has 1 aromatic carbocycles. The number of ether oxygens (including phenoxy) is 1. The monoisotopic (exact) mass is 213 g/mol. The number of hydrogen-bond acceptors (Lipinski definition) is 3. The topological polar surface area (TPSA) is 39.2 Å². The molecule has 2 rings (SSSR count). The van der Waals surface area contributed by atoms with Gasteiger partial charge in [0.15, 0.2) is 0 Å². The maximum absolute atomic E-state index is 11.0. The van der Waals surface area contributed by atoms with Crippen LogP contribution in [0.3, 0.4) is 0 Å². The molecule has 1 heterocycles. The molecular weight excluding hydrogens is 202 g/mol. The van der Waals surface area contributed by atoms with Crippen LogP contribution in [0, 0.1) is 0 Å². The number of aromatic nitrogens is 1. The molecule has 0 bridgehead atoms. The molecule has 80 valence electrons. The Labute approximate surface area is 93.4 Å². The average molecular weight is 213 g/mol. The third-order valence-corrected chi connectivity index (χ3v) is 2.31. The van der Waals surface area contributed by atoms with Gasteiger partial charge in [-0.25, -0.2) is 4.79 Å². The van der Waals surface area contributed by atoms with E-state index in [9.17, 15) is 4.79 Å². The highest BCUT2D eigenvalue weighted by Gasteiger charge is 1.98. The van der Waals surface area contributed by atoms with Crippen molar-refractivity contribution in [2.24, 2.45) is 0 Å². The quantitative estimate of drug-likeness (QED) is 0.568. The molecule has 3 heteroatoms. The van der Waals surface area contributed by atoms with Gasteiger partial charge in [-0.05, 0) is 23.1 Å². The predicted molar refractivity (Wildman–Crippen MR) is 62.8 cm³/mol. The molecule has 0 fully saturated rings. The molecule has 0 aliphatic rings. The van der Waals surface area contributed by atoms with E-state index in [0.717, 1.165) is 16.3 Å². The van der Waals surface area contributed by atoms with Crippen molar-refractivity contribution in [3.05, 3.63) is 48.3 Å². The van der Waals surface area contributed by atoms with Crippen LogP contribution < -0.4 is 0 Å². The number of nitrogens with zero attached hydrogens (tertiary/aromatic N) is 1. The first-order valence-electron chi connectivity index (χ1n) is 4.90. The lowest BCUT2D eigenvalue weighted by Gasteiger charge is -2.00. The fraction of sp³-hybridized carbons (Fsp3) is 0.0769. The summed E-state index contributed by atoms with van der Waals surface area (Å²) in [6.07, 6.45) is 6.69. The third kappa shape index (κ3) is 2.08. The number of benzene rings is 1. The summed E-state index contributed by atoms with van der Waals surface area (Å²) in [6.45, 7) is 0. The second-order valence-corrected chi connectivity index (χ2v) is 3.30. The van der Waals surface area contributed by atoms with E-state index in [4.69, 9.17) is 0 Å². The second-order valence-electron chi connectivity index (χ2n) is 3.30. The molecule has 3 nitrogen and oxygen atoms in total. The number of carbonyl (C=O) groups excluding carboxylic acids is 1. The van der Waals surface area contributed by atoms with Crippen molar-refractivity contribution in [3.8, 4) is 0 Å². The van der Waals surface area contributed by atoms with Crippen LogP contribution in [0.2, 0.25) is 0 Å². The zero-order valence-electron chi connectivity index (χ0n) is 8.88. The highest BCUT2D eigenvalue weighted by atomic mass is 16.5. The Morgan fingerprint density at radius 2 is 2.25 bits per heavy atom. The summed E-state index contributed by atoms with van der Waals surface area (Å²) in [6, 6.07) is 7.78. The lowest BCUT2D eigenvalue weighted by molar-refractivity contribution is -0.134.